The Labute approximate surface area is 110 Å². The van der Waals surface area contributed by atoms with Crippen molar-refractivity contribution in [3.8, 4) is 0 Å². The highest BCUT2D eigenvalue weighted by atomic mass is 79.9. The molecule has 2 aliphatic heterocycles. The van der Waals surface area contributed by atoms with Crippen LogP contribution in [-0.2, 0) is 9.59 Å². The van der Waals surface area contributed by atoms with Gasteiger partial charge in [0.25, 0.3) is 0 Å². The van der Waals surface area contributed by atoms with Crippen molar-refractivity contribution in [2.24, 2.45) is 5.92 Å². The summed E-state index contributed by atoms with van der Waals surface area (Å²) in [7, 11) is 0. The van der Waals surface area contributed by atoms with E-state index in [1.165, 1.54) is 0 Å². The molecule has 0 bridgehead atoms. The second-order valence-corrected chi connectivity index (χ2v) is 6.20. The van der Waals surface area contributed by atoms with Crippen LogP contribution in [0.1, 0.15) is 26.7 Å². The zero-order chi connectivity index (χ0) is 12.6. The molecule has 96 valence electrons. The maximum atomic E-state index is 12.2. The van der Waals surface area contributed by atoms with E-state index in [4.69, 9.17) is 0 Å². The second kappa shape index (κ2) is 4.96. The van der Waals surface area contributed by atoms with Crippen molar-refractivity contribution in [2.75, 3.05) is 19.6 Å². The van der Waals surface area contributed by atoms with Crippen LogP contribution in [0.4, 0.5) is 0 Å². The van der Waals surface area contributed by atoms with Crippen molar-refractivity contribution in [3.05, 3.63) is 0 Å². The van der Waals surface area contributed by atoms with Gasteiger partial charge in [0, 0.05) is 32.1 Å². The van der Waals surface area contributed by atoms with E-state index >= 15 is 0 Å². The molecule has 0 radical (unpaired) electrons. The van der Waals surface area contributed by atoms with Crippen molar-refractivity contribution in [1.82, 2.24) is 9.80 Å². The van der Waals surface area contributed by atoms with E-state index < -0.39 is 0 Å². The number of hydrogen-bond acceptors (Lipinski definition) is 2. The fraction of sp³-hybridized carbons (Fsp3) is 0.833. The predicted molar refractivity (Wildman–Crippen MR) is 68.9 cm³/mol. The standard InChI is InChI=1S/C12H19BrN2O2/c1-8(2)11(13)12(17)14-5-6-15-9(7-14)3-4-10(15)16/h8-9,11H,3-7H2,1-2H3. The normalized spacial score (nSPS) is 26.4. The minimum atomic E-state index is -0.105. The number of carbonyl (C=O) groups excluding carboxylic acids is 2. The van der Waals surface area contributed by atoms with E-state index in [1.54, 1.807) is 0 Å². The van der Waals surface area contributed by atoms with E-state index in [9.17, 15) is 9.59 Å². The van der Waals surface area contributed by atoms with Gasteiger partial charge in [0.05, 0.1) is 4.83 Å². The van der Waals surface area contributed by atoms with Crippen LogP contribution in [0.5, 0.6) is 0 Å². The Morgan fingerprint density at radius 1 is 1.41 bits per heavy atom. The van der Waals surface area contributed by atoms with Crippen molar-refractivity contribution >= 4 is 27.7 Å². The van der Waals surface area contributed by atoms with Crippen molar-refractivity contribution < 1.29 is 9.59 Å². The summed E-state index contributed by atoms with van der Waals surface area (Å²) >= 11 is 3.46. The van der Waals surface area contributed by atoms with Crippen LogP contribution in [0.3, 0.4) is 0 Å². The highest BCUT2D eigenvalue weighted by Gasteiger charge is 2.38. The number of carbonyl (C=O) groups is 2. The Balaban J connectivity index is 1.97. The molecule has 2 heterocycles. The molecule has 2 saturated heterocycles. The van der Waals surface area contributed by atoms with Crippen LogP contribution in [0.15, 0.2) is 0 Å². The lowest BCUT2D eigenvalue weighted by Gasteiger charge is -2.38. The minimum absolute atomic E-state index is 0.105. The molecule has 0 aliphatic carbocycles. The van der Waals surface area contributed by atoms with Crippen LogP contribution < -0.4 is 0 Å². The first-order valence-corrected chi connectivity index (χ1v) is 7.14. The molecule has 0 N–H and O–H groups in total. The first-order chi connectivity index (χ1) is 8.00. The Hall–Kier alpha value is -0.580. The maximum absolute atomic E-state index is 12.2. The van der Waals surface area contributed by atoms with E-state index in [0.717, 1.165) is 6.42 Å². The summed E-state index contributed by atoms with van der Waals surface area (Å²) in [6.07, 6.45) is 1.55. The lowest BCUT2D eigenvalue weighted by molar-refractivity contribution is -0.139. The predicted octanol–water partition coefficient (Wildman–Crippen LogP) is 1.24. The van der Waals surface area contributed by atoms with Gasteiger partial charge >= 0.3 is 0 Å². The zero-order valence-electron chi connectivity index (χ0n) is 10.4. The van der Waals surface area contributed by atoms with E-state index in [2.05, 4.69) is 15.9 Å². The third-order valence-corrected chi connectivity index (χ3v) is 5.08. The van der Waals surface area contributed by atoms with Gasteiger partial charge in [0.1, 0.15) is 0 Å². The summed E-state index contributed by atoms with van der Waals surface area (Å²) in [4.78, 5) is 27.5. The van der Waals surface area contributed by atoms with Crippen molar-refractivity contribution in [2.45, 2.75) is 37.6 Å². The summed E-state index contributed by atoms with van der Waals surface area (Å²) in [6.45, 7) is 6.15. The van der Waals surface area contributed by atoms with Gasteiger partial charge in [0.2, 0.25) is 11.8 Å². The molecule has 0 spiro atoms. The number of nitrogens with zero attached hydrogens (tertiary/aromatic N) is 2. The largest absolute Gasteiger partial charge is 0.338 e. The molecule has 2 aliphatic rings. The molecule has 4 nitrogen and oxygen atoms in total. The van der Waals surface area contributed by atoms with Gasteiger partial charge in [0.15, 0.2) is 0 Å². The smallest absolute Gasteiger partial charge is 0.236 e. The molecule has 2 amide bonds. The zero-order valence-corrected chi connectivity index (χ0v) is 11.9. The summed E-state index contributed by atoms with van der Waals surface area (Å²) in [5.41, 5.74) is 0. The van der Waals surface area contributed by atoms with Crippen LogP contribution in [0, 0.1) is 5.92 Å². The Bertz CT molecular complexity index is 332. The summed E-state index contributed by atoms with van der Waals surface area (Å²) in [5.74, 6) is 0.714. The van der Waals surface area contributed by atoms with Crippen LogP contribution in [0.2, 0.25) is 0 Å². The van der Waals surface area contributed by atoms with E-state index in [1.807, 2.05) is 23.6 Å². The van der Waals surface area contributed by atoms with Gasteiger partial charge < -0.3 is 9.80 Å². The van der Waals surface area contributed by atoms with Gasteiger partial charge in [-0.2, -0.15) is 0 Å². The van der Waals surface area contributed by atoms with E-state index in [-0.39, 0.29) is 22.7 Å². The molecule has 0 saturated carbocycles. The molecule has 2 unspecified atom stereocenters. The molecular weight excluding hydrogens is 284 g/mol. The first kappa shape index (κ1) is 12.9. The van der Waals surface area contributed by atoms with Crippen molar-refractivity contribution in [1.29, 1.82) is 0 Å². The van der Waals surface area contributed by atoms with E-state index in [0.29, 0.717) is 32.0 Å². The summed E-state index contributed by atoms with van der Waals surface area (Å²) in [5, 5.41) is 0. The molecule has 2 fully saturated rings. The molecule has 0 aromatic carbocycles. The molecule has 2 rings (SSSR count). The summed E-state index contributed by atoms with van der Waals surface area (Å²) in [6, 6.07) is 0.257. The van der Waals surface area contributed by atoms with Crippen LogP contribution >= 0.6 is 15.9 Å². The number of hydrogen-bond donors (Lipinski definition) is 0. The summed E-state index contributed by atoms with van der Waals surface area (Å²) < 4.78 is 0. The topological polar surface area (TPSA) is 40.6 Å². The number of halogens is 1. The Kier molecular flexibility index (Phi) is 3.76. The quantitative estimate of drug-likeness (QED) is 0.720. The van der Waals surface area contributed by atoms with Gasteiger partial charge in [-0.15, -0.1) is 0 Å². The van der Waals surface area contributed by atoms with Crippen molar-refractivity contribution in [3.63, 3.8) is 0 Å². The molecule has 2 atom stereocenters. The molecule has 0 aromatic rings. The number of fused-ring (bicyclic) bond motifs is 1. The molecule has 17 heavy (non-hydrogen) atoms. The lowest BCUT2D eigenvalue weighted by Crippen LogP contribution is -2.55. The molecular formula is C12H19BrN2O2. The second-order valence-electron chi connectivity index (χ2n) is 5.21. The number of piperazine rings is 1. The number of amides is 2. The first-order valence-electron chi connectivity index (χ1n) is 6.23. The Morgan fingerprint density at radius 3 is 2.76 bits per heavy atom. The molecule has 5 heteroatoms. The third-order valence-electron chi connectivity index (χ3n) is 3.63. The monoisotopic (exact) mass is 302 g/mol. The van der Waals surface area contributed by atoms with Crippen LogP contribution in [-0.4, -0.2) is 52.1 Å². The highest BCUT2D eigenvalue weighted by molar-refractivity contribution is 9.10. The number of rotatable bonds is 2. The van der Waals surface area contributed by atoms with Gasteiger partial charge in [-0.1, -0.05) is 29.8 Å². The lowest BCUT2D eigenvalue weighted by atomic mass is 10.1. The fourth-order valence-electron chi connectivity index (χ4n) is 2.52. The minimum Gasteiger partial charge on any atom is -0.338 e. The highest BCUT2D eigenvalue weighted by Crippen LogP contribution is 2.24. The van der Waals surface area contributed by atoms with Gasteiger partial charge in [-0.25, -0.2) is 0 Å². The van der Waals surface area contributed by atoms with Crippen LogP contribution in [0.25, 0.3) is 0 Å². The average Bonchev–Trinajstić information content (AvgIpc) is 2.68. The maximum Gasteiger partial charge on any atom is 0.236 e. The SMILES string of the molecule is CC(C)C(Br)C(=O)N1CCN2C(=O)CCC2C1. The average molecular weight is 303 g/mol. The number of alkyl halides is 1. The van der Waals surface area contributed by atoms with Gasteiger partial charge in [-0.3, -0.25) is 9.59 Å². The Morgan fingerprint density at radius 2 is 2.12 bits per heavy atom. The fourth-order valence-corrected chi connectivity index (χ4v) is 2.81. The molecule has 0 aromatic heterocycles. The third kappa shape index (κ3) is 2.49. The van der Waals surface area contributed by atoms with Gasteiger partial charge in [-0.05, 0) is 12.3 Å².